The third-order valence-electron chi connectivity index (χ3n) is 2.80. The van der Waals surface area contributed by atoms with E-state index in [-0.39, 0.29) is 5.82 Å². The Balaban J connectivity index is 1.56. The summed E-state index contributed by atoms with van der Waals surface area (Å²) in [5, 5.41) is 3.32. The molecular weight excluding hydrogens is 229 g/mol. The Morgan fingerprint density at radius 2 is 2.22 bits per heavy atom. The van der Waals surface area contributed by atoms with Gasteiger partial charge in [0.25, 0.3) is 0 Å². The fraction of sp³-hybridized carbons (Fsp3) is 0.357. The highest BCUT2D eigenvalue weighted by Crippen LogP contribution is 2.03. The molecule has 1 aromatic carbocycles. The summed E-state index contributed by atoms with van der Waals surface area (Å²) >= 11 is 0. The summed E-state index contributed by atoms with van der Waals surface area (Å²) in [5.74, 6) is -0.172. The Kier molecular flexibility index (Phi) is 4.90. The molecule has 2 rings (SSSR count). The van der Waals surface area contributed by atoms with Crippen molar-refractivity contribution < 1.29 is 4.39 Å². The second-order valence-electron chi connectivity index (χ2n) is 4.31. The number of imidazole rings is 1. The van der Waals surface area contributed by atoms with Crippen LogP contribution >= 0.6 is 0 Å². The van der Waals surface area contributed by atoms with Gasteiger partial charge < -0.3 is 9.88 Å². The van der Waals surface area contributed by atoms with Crippen molar-refractivity contribution in [2.75, 3.05) is 6.54 Å². The lowest BCUT2D eigenvalue weighted by atomic mass is 10.2. The number of halogens is 1. The van der Waals surface area contributed by atoms with E-state index in [4.69, 9.17) is 0 Å². The van der Waals surface area contributed by atoms with Crippen molar-refractivity contribution in [3.8, 4) is 0 Å². The first kappa shape index (κ1) is 12.8. The molecule has 0 spiro atoms. The minimum atomic E-state index is -0.172. The molecule has 1 aromatic heterocycles. The zero-order valence-electron chi connectivity index (χ0n) is 10.3. The summed E-state index contributed by atoms with van der Waals surface area (Å²) in [4.78, 5) is 4.00. The van der Waals surface area contributed by atoms with Gasteiger partial charge in [-0.25, -0.2) is 9.37 Å². The van der Waals surface area contributed by atoms with Gasteiger partial charge in [-0.3, -0.25) is 0 Å². The lowest BCUT2D eigenvalue weighted by molar-refractivity contribution is 0.566. The van der Waals surface area contributed by atoms with Crippen LogP contribution in [0.3, 0.4) is 0 Å². The Hall–Kier alpha value is -1.68. The summed E-state index contributed by atoms with van der Waals surface area (Å²) in [5.41, 5.74) is 0.990. The van der Waals surface area contributed by atoms with Gasteiger partial charge in [0.15, 0.2) is 0 Å². The van der Waals surface area contributed by atoms with Gasteiger partial charge in [0, 0.05) is 25.5 Å². The number of nitrogens with zero attached hydrogens (tertiary/aromatic N) is 2. The van der Waals surface area contributed by atoms with E-state index < -0.39 is 0 Å². The summed E-state index contributed by atoms with van der Waals surface area (Å²) in [6.07, 6.45) is 7.82. The smallest absolute Gasteiger partial charge is 0.123 e. The molecule has 0 saturated carbocycles. The zero-order valence-corrected chi connectivity index (χ0v) is 10.3. The molecule has 0 bridgehead atoms. The Morgan fingerprint density at radius 3 is 3.00 bits per heavy atom. The Labute approximate surface area is 107 Å². The molecule has 1 heterocycles. The van der Waals surface area contributed by atoms with Crippen molar-refractivity contribution in [1.29, 1.82) is 0 Å². The van der Waals surface area contributed by atoms with Crippen LogP contribution in [-0.4, -0.2) is 16.1 Å². The standard InChI is InChI=1S/C14H18FN3/c15-14-5-3-4-13(10-14)11-16-6-1-2-8-18-9-7-17-12-18/h3-5,7,9-10,12,16H,1-2,6,8,11H2. The summed E-state index contributed by atoms with van der Waals surface area (Å²) in [6, 6.07) is 6.71. The minimum absolute atomic E-state index is 0.172. The van der Waals surface area contributed by atoms with Gasteiger partial charge in [0.2, 0.25) is 0 Å². The van der Waals surface area contributed by atoms with Gasteiger partial charge in [0.1, 0.15) is 5.82 Å². The fourth-order valence-electron chi connectivity index (χ4n) is 1.84. The maximum Gasteiger partial charge on any atom is 0.123 e. The molecule has 2 aromatic rings. The predicted molar refractivity (Wildman–Crippen MR) is 69.6 cm³/mol. The van der Waals surface area contributed by atoms with E-state index in [1.165, 1.54) is 6.07 Å². The van der Waals surface area contributed by atoms with Crippen LogP contribution in [0.4, 0.5) is 4.39 Å². The second-order valence-corrected chi connectivity index (χ2v) is 4.31. The lowest BCUT2D eigenvalue weighted by Crippen LogP contribution is -2.15. The first-order chi connectivity index (χ1) is 8.84. The highest BCUT2D eigenvalue weighted by atomic mass is 19.1. The average Bonchev–Trinajstić information content (AvgIpc) is 2.87. The summed E-state index contributed by atoms with van der Waals surface area (Å²) in [6.45, 7) is 2.68. The number of benzene rings is 1. The minimum Gasteiger partial charge on any atom is -0.337 e. The van der Waals surface area contributed by atoms with Crippen LogP contribution in [0.15, 0.2) is 43.0 Å². The number of hydrogen-bond acceptors (Lipinski definition) is 2. The molecule has 3 nitrogen and oxygen atoms in total. The molecule has 0 aliphatic rings. The third kappa shape index (κ3) is 4.30. The molecular formula is C14H18FN3. The molecule has 0 aliphatic carbocycles. The molecule has 0 unspecified atom stereocenters. The van der Waals surface area contributed by atoms with E-state index in [1.807, 2.05) is 18.6 Å². The normalized spacial score (nSPS) is 10.7. The molecule has 0 atom stereocenters. The van der Waals surface area contributed by atoms with Gasteiger partial charge >= 0.3 is 0 Å². The van der Waals surface area contributed by atoms with Gasteiger partial charge in [-0.15, -0.1) is 0 Å². The molecule has 1 N–H and O–H groups in total. The quantitative estimate of drug-likeness (QED) is 0.762. The monoisotopic (exact) mass is 247 g/mol. The summed E-state index contributed by atoms with van der Waals surface area (Å²) in [7, 11) is 0. The lowest BCUT2D eigenvalue weighted by Gasteiger charge is -2.05. The van der Waals surface area contributed by atoms with E-state index in [0.717, 1.165) is 38.0 Å². The SMILES string of the molecule is Fc1cccc(CNCCCCn2ccnc2)c1. The number of aromatic nitrogens is 2. The van der Waals surface area contributed by atoms with Crippen LogP contribution in [-0.2, 0) is 13.1 Å². The van der Waals surface area contributed by atoms with Crippen LogP contribution in [0.2, 0.25) is 0 Å². The van der Waals surface area contributed by atoms with Gasteiger partial charge in [0.05, 0.1) is 6.33 Å². The number of rotatable bonds is 7. The molecule has 18 heavy (non-hydrogen) atoms. The van der Waals surface area contributed by atoms with Crippen molar-refractivity contribution in [3.63, 3.8) is 0 Å². The molecule has 96 valence electrons. The molecule has 0 aliphatic heterocycles. The van der Waals surface area contributed by atoms with E-state index in [0.29, 0.717) is 0 Å². The fourth-order valence-corrected chi connectivity index (χ4v) is 1.84. The maximum atomic E-state index is 12.9. The van der Waals surface area contributed by atoms with E-state index >= 15 is 0 Å². The summed E-state index contributed by atoms with van der Waals surface area (Å²) < 4.78 is 15.0. The molecule has 0 fully saturated rings. The number of aryl methyl sites for hydroxylation is 1. The molecule has 4 heteroatoms. The maximum absolute atomic E-state index is 12.9. The number of hydrogen-bond donors (Lipinski definition) is 1. The topological polar surface area (TPSA) is 29.9 Å². The molecule has 0 amide bonds. The Morgan fingerprint density at radius 1 is 1.28 bits per heavy atom. The second kappa shape index (κ2) is 6.91. The van der Waals surface area contributed by atoms with Crippen molar-refractivity contribution >= 4 is 0 Å². The largest absolute Gasteiger partial charge is 0.337 e. The van der Waals surface area contributed by atoms with E-state index in [2.05, 4.69) is 14.9 Å². The van der Waals surface area contributed by atoms with Gasteiger partial charge in [-0.05, 0) is 37.1 Å². The first-order valence-electron chi connectivity index (χ1n) is 6.25. The van der Waals surface area contributed by atoms with Crippen LogP contribution in [0.25, 0.3) is 0 Å². The third-order valence-corrected chi connectivity index (χ3v) is 2.80. The average molecular weight is 247 g/mol. The molecule has 0 radical (unpaired) electrons. The van der Waals surface area contributed by atoms with Crippen molar-refractivity contribution in [3.05, 3.63) is 54.4 Å². The van der Waals surface area contributed by atoms with E-state index in [9.17, 15) is 4.39 Å². The number of nitrogens with one attached hydrogen (secondary N) is 1. The van der Waals surface area contributed by atoms with Crippen molar-refractivity contribution in [2.45, 2.75) is 25.9 Å². The van der Waals surface area contributed by atoms with E-state index in [1.54, 1.807) is 18.3 Å². The predicted octanol–water partition coefficient (Wildman–Crippen LogP) is 2.59. The van der Waals surface area contributed by atoms with Crippen molar-refractivity contribution in [1.82, 2.24) is 14.9 Å². The van der Waals surface area contributed by atoms with Crippen LogP contribution < -0.4 is 5.32 Å². The van der Waals surface area contributed by atoms with Crippen LogP contribution in [0.5, 0.6) is 0 Å². The van der Waals surface area contributed by atoms with Crippen molar-refractivity contribution in [2.24, 2.45) is 0 Å². The number of unbranched alkanes of at least 4 members (excludes halogenated alkanes) is 1. The first-order valence-corrected chi connectivity index (χ1v) is 6.25. The van der Waals surface area contributed by atoms with Gasteiger partial charge in [-0.2, -0.15) is 0 Å². The Bertz CT molecular complexity index is 454. The van der Waals surface area contributed by atoms with Crippen LogP contribution in [0.1, 0.15) is 18.4 Å². The highest BCUT2D eigenvalue weighted by molar-refractivity contribution is 5.15. The highest BCUT2D eigenvalue weighted by Gasteiger charge is 1.95. The van der Waals surface area contributed by atoms with Gasteiger partial charge in [-0.1, -0.05) is 12.1 Å². The molecule has 0 saturated heterocycles. The van der Waals surface area contributed by atoms with Crippen LogP contribution in [0, 0.1) is 5.82 Å². The zero-order chi connectivity index (χ0) is 12.6.